The van der Waals surface area contributed by atoms with Crippen molar-refractivity contribution in [1.82, 2.24) is 4.57 Å². The van der Waals surface area contributed by atoms with E-state index in [0.29, 0.717) is 0 Å². The molecule has 0 amide bonds. The molecule has 4 nitrogen and oxygen atoms in total. The van der Waals surface area contributed by atoms with Gasteiger partial charge in [-0.15, -0.1) is 11.3 Å². The molecule has 12 aromatic carbocycles. The van der Waals surface area contributed by atoms with Crippen molar-refractivity contribution in [2.24, 2.45) is 0 Å². The van der Waals surface area contributed by atoms with E-state index in [0.717, 1.165) is 100.0 Å². The predicted molar refractivity (Wildman–Crippen MR) is 335 cm³/mol. The van der Waals surface area contributed by atoms with Gasteiger partial charge < -0.3 is 18.3 Å². The maximum atomic E-state index is 6.46. The highest BCUT2D eigenvalue weighted by Gasteiger charge is 2.22. The number of aromatic nitrogens is 1. The molecular weight excluding hydrogens is 981 g/mol. The number of furan rings is 2. The highest BCUT2D eigenvalue weighted by atomic mass is 32.1. The monoisotopic (exact) mass is 1030 g/mol. The van der Waals surface area contributed by atoms with Gasteiger partial charge in [0.2, 0.25) is 0 Å². The van der Waals surface area contributed by atoms with Crippen LogP contribution in [0.1, 0.15) is 26.3 Å². The molecule has 0 radical (unpaired) electrons. The van der Waals surface area contributed by atoms with Crippen molar-refractivity contribution in [3.05, 3.63) is 254 Å². The van der Waals surface area contributed by atoms with Gasteiger partial charge in [-0.1, -0.05) is 148 Å². The van der Waals surface area contributed by atoms with Crippen LogP contribution in [0.5, 0.6) is 0 Å². The average molecular weight is 1030 g/mol. The van der Waals surface area contributed by atoms with E-state index < -0.39 is 0 Å². The fraction of sp³-hybridized carbons (Fsp3) is 0.0541. The van der Waals surface area contributed by atoms with Crippen LogP contribution in [0.25, 0.3) is 136 Å². The van der Waals surface area contributed by atoms with Crippen LogP contribution in [0, 0.1) is 0 Å². The molecule has 16 rings (SSSR count). The molecule has 374 valence electrons. The molecule has 0 bridgehead atoms. The average Bonchev–Trinajstić information content (AvgIpc) is 4.09. The van der Waals surface area contributed by atoms with Crippen LogP contribution >= 0.6 is 11.3 Å². The number of fused-ring (bicyclic) bond motifs is 14. The van der Waals surface area contributed by atoms with Gasteiger partial charge in [-0.25, -0.2) is 0 Å². The molecule has 0 aliphatic rings. The van der Waals surface area contributed by atoms with E-state index in [9.17, 15) is 0 Å². The summed E-state index contributed by atoms with van der Waals surface area (Å²) in [6.07, 6.45) is 0. The molecule has 0 spiro atoms. The molecule has 5 heteroatoms. The Morgan fingerprint density at radius 3 is 1.70 bits per heavy atom. The normalized spacial score (nSPS) is 12.2. The Morgan fingerprint density at radius 2 is 0.924 bits per heavy atom. The molecule has 0 saturated heterocycles. The Bertz CT molecular complexity index is 5110. The molecule has 0 aliphatic carbocycles. The van der Waals surface area contributed by atoms with Gasteiger partial charge in [-0.3, -0.25) is 0 Å². The van der Waals surface area contributed by atoms with Gasteiger partial charge in [-0.05, 0) is 170 Å². The zero-order chi connectivity index (χ0) is 52.5. The van der Waals surface area contributed by atoms with Crippen LogP contribution in [0.4, 0.5) is 17.1 Å². The van der Waals surface area contributed by atoms with E-state index in [1.165, 1.54) is 58.4 Å². The molecule has 0 fully saturated rings. The first-order chi connectivity index (χ1) is 38.7. The van der Waals surface area contributed by atoms with Crippen LogP contribution in [0.3, 0.4) is 0 Å². The smallest absolute Gasteiger partial charge is 0.137 e. The molecule has 0 aliphatic heterocycles. The minimum Gasteiger partial charge on any atom is -0.456 e. The third kappa shape index (κ3) is 7.41. The minimum absolute atomic E-state index is 0.0317. The van der Waals surface area contributed by atoms with Gasteiger partial charge in [0, 0.05) is 81.3 Å². The van der Waals surface area contributed by atoms with Gasteiger partial charge in [0.05, 0.1) is 11.0 Å². The first-order valence-electron chi connectivity index (χ1n) is 27.1. The summed E-state index contributed by atoms with van der Waals surface area (Å²) < 4.78 is 18.0. The van der Waals surface area contributed by atoms with E-state index in [1.54, 1.807) is 0 Å². The SMILES string of the molecule is CC(C)(C)c1ccc(N(c2ccc(-c3cc(-c4ccccc4)cc(-c4ccc5c(c4)c4cc6c(ccc7oc8ccccc8c76)cc4n5-c4ccc5c(c4)sc4ccccc45)c3)cc2)c2ccc3c(c2)oc2ccccc23)cc1. The fourth-order valence-electron chi connectivity index (χ4n) is 12.3. The Kier molecular flexibility index (Phi) is 10.0. The van der Waals surface area contributed by atoms with Crippen molar-refractivity contribution in [3.63, 3.8) is 0 Å². The lowest BCUT2D eigenvalue weighted by Crippen LogP contribution is -2.13. The minimum atomic E-state index is 0.0317. The molecule has 16 aromatic rings. The quantitative estimate of drug-likeness (QED) is 0.160. The summed E-state index contributed by atoms with van der Waals surface area (Å²) in [6, 6.07) is 91.1. The number of anilines is 3. The fourth-order valence-corrected chi connectivity index (χ4v) is 13.5. The van der Waals surface area contributed by atoms with Crippen LogP contribution in [0.15, 0.2) is 258 Å². The van der Waals surface area contributed by atoms with Gasteiger partial charge in [0.15, 0.2) is 0 Å². The lowest BCUT2D eigenvalue weighted by Gasteiger charge is -2.27. The first-order valence-corrected chi connectivity index (χ1v) is 27.9. The second-order valence-electron chi connectivity index (χ2n) is 22.1. The lowest BCUT2D eigenvalue weighted by molar-refractivity contribution is 0.590. The maximum Gasteiger partial charge on any atom is 0.137 e. The van der Waals surface area contributed by atoms with Crippen LogP contribution in [-0.2, 0) is 5.41 Å². The number of rotatable bonds is 7. The highest BCUT2D eigenvalue weighted by Crippen LogP contribution is 2.45. The van der Waals surface area contributed by atoms with Crippen molar-refractivity contribution < 1.29 is 8.83 Å². The number of hydrogen-bond acceptors (Lipinski definition) is 4. The van der Waals surface area contributed by atoms with Gasteiger partial charge in [-0.2, -0.15) is 0 Å². The largest absolute Gasteiger partial charge is 0.456 e. The van der Waals surface area contributed by atoms with Crippen molar-refractivity contribution in [3.8, 4) is 39.1 Å². The zero-order valence-corrected chi connectivity index (χ0v) is 44.6. The molecule has 4 heterocycles. The lowest BCUT2D eigenvalue weighted by atomic mass is 9.87. The Labute approximate surface area is 460 Å². The summed E-state index contributed by atoms with van der Waals surface area (Å²) in [5, 5.41) is 11.9. The number of hydrogen-bond donors (Lipinski definition) is 0. The van der Waals surface area contributed by atoms with E-state index in [2.05, 4.69) is 261 Å². The summed E-state index contributed by atoms with van der Waals surface area (Å²) >= 11 is 1.86. The third-order valence-corrected chi connectivity index (χ3v) is 17.4. The van der Waals surface area contributed by atoms with Crippen molar-refractivity contribution in [1.29, 1.82) is 0 Å². The van der Waals surface area contributed by atoms with E-state index in [-0.39, 0.29) is 5.41 Å². The Balaban J connectivity index is 0.860. The van der Waals surface area contributed by atoms with Crippen molar-refractivity contribution in [2.75, 3.05) is 4.90 Å². The van der Waals surface area contributed by atoms with Crippen molar-refractivity contribution in [2.45, 2.75) is 26.2 Å². The summed E-state index contributed by atoms with van der Waals surface area (Å²) in [7, 11) is 0. The maximum absolute atomic E-state index is 6.46. The highest BCUT2D eigenvalue weighted by molar-refractivity contribution is 7.25. The second kappa shape index (κ2) is 17.4. The van der Waals surface area contributed by atoms with Crippen LogP contribution in [0.2, 0.25) is 0 Å². The summed E-state index contributed by atoms with van der Waals surface area (Å²) in [6.45, 7) is 6.79. The van der Waals surface area contributed by atoms with Crippen molar-refractivity contribution >= 4 is 125 Å². The number of benzene rings is 12. The number of para-hydroxylation sites is 2. The molecular formula is C74H50N2O2S. The zero-order valence-electron chi connectivity index (χ0n) is 43.8. The van der Waals surface area contributed by atoms with E-state index in [4.69, 9.17) is 8.83 Å². The molecule has 4 aromatic heterocycles. The second-order valence-corrected chi connectivity index (χ2v) is 23.2. The van der Waals surface area contributed by atoms with Gasteiger partial charge in [0.1, 0.15) is 22.3 Å². The standard InChI is InChI=1S/C74H50N2O2S/c1-74(2,3)52-25-29-54(30-26-52)75(55-31-33-58-57-15-7-10-18-67(57)78-70(58)42-55)53-27-21-46(22-28-53)50-37-49(45-13-5-4-6-14-45)38-51(39-50)47-23-35-65-63(40-47)64-44-62-48(24-36-69-73(62)61-17-8-11-19-68(61)77-69)41-66(64)76(65)56-32-34-60-59-16-9-12-20-71(59)79-72(60)43-56/h4-44H,1-3H3. The summed E-state index contributed by atoms with van der Waals surface area (Å²) in [5.74, 6) is 0. The van der Waals surface area contributed by atoms with Crippen LogP contribution < -0.4 is 4.90 Å². The molecule has 0 N–H and O–H groups in total. The Hall–Kier alpha value is -9.68. The van der Waals surface area contributed by atoms with E-state index >= 15 is 0 Å². The predicted octanol–water partition coefficient (Wildman–Crippen LogP) is 21.9. The van der Waals surface area contributed by atoms with Gasteiger partial charge >= 0.3 is 0 Å². The topological polar surface area (TPSA) is 34.5 Å². The summed E-state index contributed by atoms with van der Waals surface area (Å²) in [5.41, 5.74) is 18.5. The first kappa shape index (κ1) is 45.5. The van der Waals surface area contributed by atoms with Crippen LogP contribution in [-0.4, -0.2) is 4.57 Å². The van der Waals surface area contributed by atoms with Gasteiger partial charge in [0.25, 0.3) is 0 Å². The Morgan fingerprint density at radius 1 is 0.342 bits per heavy atom. The summed E-state index contributed by atoms with van der Waals surface area (Å²) in [4.78, 5) is 2.34. The number of nitrogens with zero attached hydrogens (tertiary/aromatic N) is 2. The third-order valence-electron chi connectivity index (χ3n) is 16.3. The molecule has 0 unspecified atom stereocenters. The molecule has 0 atom stereocenters. The number of thiophene rings is 1. The molecule has 79 heavy (non-hydrogen) atoms. The van der Waals surface area contributed by atoms with E-state index in [1.807, 2.05) is 29.5 Å². The molecule has 0 saturated carbocycles.